The number of halogens is 1. The second-order valence-electron chi connectivity index (χ2n) is 4.34. The summed E-state index contributed by atoms with van der Waals surface area (Å²) < 4.78 is 6.35. The molecule has 19 heavy (non-hydrogen) atoms. The highest BCUT2D eigenvalue weighted by molar-refractivity contribution is 9.10. The molecule has 0 amide bonds. The number of hydrogen-bond acceptors (Lipinski definition) is 3. The van der Waals surface area contributed by atoms with Crippen molar-refractivity contribution in [2.75, 3.05) is 24.8 Å². The van der Waals surface area contributed by atoms with Gasteiger partial charge < -0.3 is 15.4 Å². The summed E-state index contributed by atoms with van der Waals surface area (Å²) in [5.41, 5.74) is 8.96. The van der Waals surface area contributed by atoms with Crippen molar-refractivity contribution >= 4 is 27.3 Å². The number of rotatable bonds is 4. The zero-order chi connectivity index (χ0) is 13.8. The molecule has 0 aliphatic carbocycles. The van der Waals surface area contributed by atoms with E-state index in [1.807, 2.05) is 43.4 Å². The summed E-state index contributed by atoms with van der Waals surface area (Å²) >= 11 is 3.56. The molecule has 0 aliphatic rings. The van der Waals surface area contributed by atoms with E-state index >= 15 is 0 Å². The minimum Gasteiger partial charge on any atom is -0.495 e. The van der Waals surface area contributed by atoms with E-state index in [2.05, 4.69) is 26.9 Å². The minimum atomic E-state index is 0.666. The van der Waals surface area contributed by atoms with Gasteiger partial charge in [-0.1, -0.05) is 40.2 Å². The number of nitrogens with zero attached hydrogens (tertiary/aromatic N) is 1. The summed E-state index contributed by atoms with van der Waals surface area (Å²) in [7, 11) is 3.65. The Labute approximate surface area is 122 Å². The molecule has 0 bridgehead atoms. The quantitative estimate of drug-likeness (QED) is 0.873. The summed E-state index contributed by atoms with van der Waals surface area (Å²) in [4.78, 5) is 2.11. The van der Waals surface area contributed by atoms with Gasteiger partial charge in [-0.25, -0.2) is 0 Å². The topological polar surface area (TPSA) is 38.5 Å². The third-order valence-corrected chi connectivity index (χ3v) is 3.81. The largest absolute Gasteiger partial charge is 0.495 e. The van der Waals surface area contributed by atoms with Gasteiger partial charge in [-0.3, -0.25) is 0 Å². The van der Waals surface area contributed by atoms with Crippen LogP contribution in [0.25, 0.3) is 0 Å². The molecular weight excluding hydrogens is 304 g/mol. The van der Waals surface area contributed by atoms with E-state index < -0.39 is 0 Å². The van der Waals surface area contributed by atoms with Crippen molar-refractivity contribution in [1.82, 2.24) is 0 Å². The Bertz CT molecular complexity index is 572. The van der Waals surface area contributed by atoms with Crippen LogP contribution in [0.5, 0.6) is 5.75 Å². The maximum Gasteiger partial charge on any atom is 0.143 e. The zero-order valence-corrected chi connectivity index (χ0v) is 12.6. The van der Waals surface area contributed by atoms with Crippen LogP contribution < -0.4 is 15.4 Å². The molecule has 0 aromatic heterocycles. The lowest BCUT2D eigenvalue weighted by Gasteiger charge is -2.22. The molecule has 0 atom stereocenters. The van der Waals surface area contributed by atoms with Crippen LogP contribution in [-0.2, 0) is 6.54 Å². The van der Waals surface area contributed by atoms with Gasteiger partial charge in [0.2, 0.25) is 0 Å². The molecule has 2 aromatic carbocycles. The van der Waals surface area contributed by atoms with Crippen LogP contribution in [0.3, 0.4) is 0 Å². The summed E-state index contributed by atoms with van der Waals surface area (Å²) in [5, 5.41) is 0. The molecule has 2 rings (SSSR count). The second kappa shape index (κ2) is 5.97. The fourth-order valence-electron chi connectivity index (χ4n) is 2.01. The van der Waals surface area contributed by atoms with Crippen LogP contribution in [0, 0.1) is 0 Å². The SMILES string of the molecule is COc1cccc(N(C)Cc2ccccc2Br)c1N. The maximum atomic E-state index is 6.11. The van der Waals surface area contributed by atoms with Gasteiger partial charge in [-0.05, 0) is 23.8 Å². The Hall–Kier alpha value is -1.68. The van der Waals surface area contributed by atoms with Gasteiger partial charge in [0.15, 0.2) is 0 Å². The van der Waals surface area contributed by atoms with Crippen molar-refractivity contribution in [3.63, 3.8) is 0 Å². The number of ether oxygens (including phenoxy) is 1. The fraction of sp³-hybridized carbons (Fsp3) is 0.200. The number of nitrogens with two attached hydrogens (primary N) is 1. The Balaban J connectivity index is 2.26. The van der Waals surface area contributed by atoms with E-state index in [1.54, 1.807) is 7.11 Å². The zero-order valence-electron chi connectivity index (χ0n) is 11.1. The minimum absolute atomic E-state index is 0.666. The van der Waals surface area contributed by atoms with Crippen molar-refractivity contribution in [3.8, 4) is 5.75 Å². The van der Waals surface area contributed by atoms with E-state index in [-0.39, 0.29) is 0 Å². The number of methoxy groups -OCH3 is 1. The van der Waals surface area contributed by atoms with Crippen LogP contribution >= 0.6 is 15.9 Å². The van der Waals surface area contributed by atoms with E-state index in [9.17, 15) is 0 Å². The number of benzene rings is 2. The van der Waals surface area contributed by atoms with Crippen LogP contribution in [0.2, 0.25) is 0 Å². The molecular formula is C15H17BrN2O. The smallest absolute Gasteiger partial charge is 0.143 e. The molecule has 0 radical (unpaired) electrons. The third kappa shape index (κ3) is 3.01. The van der Waals surface area contributed by atoms with Crippen molar-refractivity contribution in [1.29, 1.82) is 0 Å². The molecule has 100 valence electrons. The lowest BCUT2D eigenvalue weighted by molar-refractivity contribution is 0.417. The van der Waals surface area contributed by atoms with E-state index in [1.165, 1.54) is 5.56 Å². The normalized spacial score (nSPS) is 10.3. The molecule has 2 N–H and O–H groups in total. The number of nitrogen functional groups attached to an aromatic ring is 1. The number of anilines is 2. The average molecular weight is 321 g/mol. The molecule has 4 heteroatoms. The third-order valence-electron chi connectivity index (χ3n) is 3.04. The number of para-hydroxylation sites is 1. The van der Waals surface area contributed by atoms with Crippen LogP contribution in [0.15, 0.2) is 46.9 Å². The van der Waals surface area contributed by atoms with Crippen molar-refractivity contribution in [2.45, 2.75) is 6.54 Å². The molecule has 0 aliphatic heterocycles. The lowest BCUT2D eigenvalue weighted by atomic mass is 10.2. The highest BCUT2D eigenvalue weighted by Crippen LogP contribution is 2.32. The first-order valence-electron chi connectivity index (χ1n) is 6.00. The average Bonchev–Trinajstić information content (AvgIpc) is 2.41. The van der Waals surface area contributed by atoms with Gasteiger partial charge in [0.05, 0.1) is 18.5 Å². The van der Waals surface area contributed by atoms with Gasteiger partial charge in [-0.15, -0.1) is 0 Å². The first kappa shape index (κ1) is 13.7. The van der Waals surface area contributed by atoms with Gasteiger partial charge in [-0.2, -0.15) is 0 Å². The monoisotopic (exact) mass is 320 g/mol. The lowest BCUT2D eigenvalue weighted by Crippen LogP contribution is -2.18. The molecule has 0 unspecified atom stereocenters. The van der Waals surface area contributed by atoms with Gasteiger partial charge >= 0.3 is 0 Å². The van der Waals surface area contributed by atoms with Gasteiger partial charge in [0.25, 0.3) is 0 Å². The van der Waals surface area contributed by atoms with Gasteiger partial charge in [0, 0.05) is 18.1 Å². The molecule has 3 nitrogen and oxygen atoms in total. The molecule has 0 saturated carbocycles. The summed E-state index contributed by atoms with van der Waals surface area (Å²) in [6.07, 6.45) is 0. The summed E-state index contributed by atoms with van der Waals surface area (Å²) in [5.74, 6) is 0.705. The van der Waals surface area contributed by atoms with E-state index in [0.717, 1.165) is 16.7 Å². The predicted molar refractivity (Wildman–Crippen MR) is 83.7 cm³/mol. The Morgan fingerprint density at radius 1 is 1.16 bits per heavy atom. The van der Waals surface area contributed by atoms with Crippen LogP contribution in [0.4, 0.5) is 11.4 Å². The highest BCUT2D eigenvalue weighted by atomic mass is 79.9. The Kier molecular flexibility index (Phi) is 4.32. The Morgan fingerprint density at radius 2 is 1.89 bits per heavy atom. The summed E-state index contributed by atoms with van der Waals surface area (Å²) in [6.45, 7) is 0.777. The predicted octanol–water partition coefficient (Wildman–Crippen LogP) is 3.68. The van der Waals surface area contributed by atoms with Crippen LogP contribution in [-0.4, -0.2) is 14.2 Å². The number of hydrogen-bond donors (Lipinski definition) is 1. The highest BCUT2D eigenvalue weighted by Gasteiger charge is 2.10. The molecule has 0 fully saturated rings. The molecule has 2 aromatic rings. The van der Waals surface area contributed by atoms with Gasteiger partial charge in [0.1, 0.15) is 5.75 Å². The maximum absolute atomic E-state index is 6.11. The first-order valence-corrected chi connectivity index (χ1v) is 6.79. The second-order valence-corrected chi connectivity index (χ2v) is 5.19. The molecule has 0 spiro atoms. The molecule has 0 heterocycles. The summed E-state index contributed by atoms with van der Waals surface area (Å²) in [6, 6.07) is 14.0. The first-order chi connectivity index (χ1) is 9.13. The van der Waals surface area contributed by atoms with E-state index in [0.29, 0.717) is 11.4 Å². The van der Waals surface area contributed by atoms with Crippen molar-refractivity contribution < 1.29 is 4.74 Å². The molecule has 0 saturated heterocycles. The Morgan fingerprint density at radius 3 is 2.58 bits per heavy atom. The fourth-order valence-corrected chi connectivity index (χ4v) is 2.42. The van der Waals surface area contributed by atoms with E-state index in [4.69, 9.17) is 10.5 Å². The van der Waals surface area contributed by atoms with Crippen LogP contribution in [0.1, 0.15) is 5.56 Å². The van der Waals surface area contributed by atoms with Crippen molar-refractivity contribution in [3.05, 3.63) is 52.5 Å². The standard InChI is InChI=1S/C15H17BrN2O/c1-18(10-11-6-3-4-7-12(11)16)13-8-5-9-14(19-2)15(13)17/h3-9H,10,17H2,1-2H3. The van der Waals surface area contributed by atoms with Crippen molar-refractivity contribution in [2.24, 2.45) is 0 Å².